The van der Waals surface area contributed by atoms with Crippen LogP contribution >= 0.6 is 36.4 Å². The first kappa shape index (κ1) is 25.0. The Morgan fingerprint density at radius 1 is 1.00 bits per heavy atom. The molecule has 1 aromatic heterocycles. The number of ether oxygens (including phenoxy) is 2. The number of methoxy groups -OCH3 is 1. The molecule has 2 aromatic carbocycles. The molecule has 0 fully saturated rings. The van der Waals surface area contributed by atoms with Crippen LogP contribution in [0.4, 0.5) is 4.39 Å². The minimum absolute atomic E-state index is 0. The molecule has 0 bridgehead atoms. The first-order chi connectivity index (χ1) is 13.2. The van der Waals surface area contributed by atoms with Gasteiger partial charge in [0.25, 0.3) is 0 Å². The fraction of sp³-hybridized carbons (Fsp3) is 0.190. The lowest BCUT2D eigenvalue weighted by atomic mass is 10.2. The maximum atomic E-state index is 13.0. The highest BCUT2D eigenvalue weighted by molar-refractivity contribution is 6.32. The second kappa shape index (κ2) is 12.5. The van der Waals surface area contributed by atoms with Crippen molar-refractivity contribution in [1.29, 1.82) is 0 Å². The molecule has 3 aromatic rings. The van der Waals surface area contributed by atoms with Crippen LogP contribution < -0.4 is 14.8 Å². The van der Waals surface area contributed by atoms with Crippen LogP contribution in [-0.2, 0) is 19.7 Å². The van der Waals surface area contributed by atoms with Gasteiger partial charge < -0.3 is 14.8 Å². The number of halogens is 4. The van der Waals surface area contributed by atoms with E-state index in [1.165, 1.54) is 12.1 Å². The molecular formula is C21H22Cl3FN2O2. The van der Waals surface area contributed by atoms with Gasteiger partial charge in [0.15, 0.2) is 11.5 Å². The topological polar surface area (TPSA) is 43.4 Å². The number of hydrogen-bond donors (Lipinski definition) is 1. The second-order valence-corrected chi connectivity index (χ2v) is 6.40. The Morgan fingerprint density at radius 2 is 1.72 bits per heavy atom. The van der Waals surface area contributed by atoms with E-state index in [0.29, 0.717) is 29.6 Å². The summed E-state index contributed by atoms with van der Waals surface area (Å²) in [6.45, 7) is 1.61. The summed E-state index contributed by atoms with van der Waals surface area (Å²) < 4.78 is 24.2. The summed E-state index contributed by atoms with van der Waals surface area (Å²) >= 11 is 6.40. The first-order valence-corrected chi connectivity index (χ1v) is 8.87. The van der Waals surface area contributed by atoms with Crippen molar-refractivity contribution in [3.63, 3.8) is 0 Å². The lowest BCUT2D eigenvalue weighted by Crippen LogP contribution is -2.13. The van der Waals surface area contributed by atoms with Crippen LogP contribution in [0.5, 0.6) is 11.5 Å². The normalized spacial score (nSPS) is 9.90. The number of nitrogens with one attached hydrogen (secondary N) is 1. The summed E-state index contributed by atoms with van der Waals surface area (Å²) in [7, 11) is 1.57. The average molecular weight is 460 g/mol. The smallest absolute Gasteiger partial charge is 0.180 e. The Morgan fingerprint density at radius 3 is 2.38 bits per heavy atom. The van der Waals surface area contributed by atoms with Gasteiger partial charge in [-0.25, -0.2) is 4.39 Å². The molecule has 0 aliphatic rings. The first-order valence-electron chi connectivity index (χ1n) is 8.49. The van der Waals surface area contributed by atoms with Crippen molar-refractivity contribution in [2.75, 3.05) is 7.11 Å². The van der Waals surface area contributed by atoms with Crippen molar-refractivity contribution in [3.05, 3.63) is 88.5 Å². The van der Waals surface area contributed by atoms with Crippen molar-refractivity contribution in [3.8, 4) is 11.5 Å². The average Bonchev–Trinajstić information content (AvgIpc) is 2.69. The fourth-order valence-corrected chi connectivity index (χ4v) is 2.89. The van der Waals surface area contributed by atoms with E-state index in [1.807, 2.05) is 30.5 Å². The molecule has 4 nitrogen and oxygen atoms in total. The van der Waals surface area contributed by atoms with Gasteiger partial charge in [-0.15, -0.1) is 24.8 Å². The summed E-state index contributed by atoms with van der Waals surface area (Å²) in [6, 6.07) is 13.8. The molecule has 0 atom stereocenters. The molecule has 1 N–H and O–H groups in total. The van der Waals surface area contributed by atoms with Crippen LogP contribution in [0.3, 0.4) is 0 Å². The molecule has 1 heterocycles. The van der Waals surface area contributed by atoms with Gasteiger partial charge >= 0.3 is 0 Å². The van der Waals surface area contributed by atoms with Gasteiger partial charge in [-0.3, -0.25) is 4.98 Å². The third-order valence-corrected chi connectivity index (χ3v) is 4.25. The number of aromatic nitrogens is 1. The standard InChI is InChI=1S/C21H20ClFN2O2.2ClH/c1-26-20-10-17(13-25-12-16-3-2-8-24-11-16)9-19(22)21(20)27-14-15-4-6-18(23)7-5-15;;/h2-11,25H,12-14H2,1H3;2*1H. The van der Waals surface area contributed by atoms with E-state index >= 15 is 0 Å². The summed E-state index contributed by atoms with van der Waals surface area (Å²) in [5, 5.41) is 3.82. The molecule has 0 unspecified atom stereocenters. The third-order valence-electron chi connectivity index (χ3n) is 3.97. The maximum absolute atomic E-state index is 13.0. The minimum atomic E-state index is -0.280. The van der Waals surface area contributed by atoms with E-state index in [2.05, 4.69) is 10.3 Å². The van der Waals surface area contributed by atoms with Gasteiger partial charge in [-0.1, -0.05) is 29.8 Å². The van der Waals surface area contributed by atoms with Gasteiger partial charge in [-0.2, -0.15) is 0 Å². The van der Waals surface area contributed by atoms with Crippen molar-refractivity contribution >= 4 is 36.4 Å². The van der Waals surface area contributed by atoms with Crippen molar-refractivity contribution in [1.82, 2.24) is 10.3 Å². The second-order valence-electron chi connectivity index (χ2n) is 5.99. The van der Waals surface area contributed by atoms with Crippen molar-refractivity contribution in [2.24, 2.45) is 0 Å². The molecule has 0 radical (unpaired) electrons. The molecule has 0 amide bonds. The van der Waals surface area contributed by atoms with E-state index in [0.717, 1.165) is 16.7 Å². The Bertz CT molecular complexity index is 881. The van der Waals surface area contributed by atoms with Gasteiger partial charge in [0.1, 0.15) is 12.4 Å². The monoisotopic (exact) mass is 458 g/mol. The highest BCUT2D eigenvalue weighted by atomic mass is 35.5. The largest absolute Gasteiger partial charge is 0.493 e. The van der Waals surface area contributed by atoms with E-state index in [1.54, 1.807) is 25.4 Å². The Labute approximate surface area is 187 Å². The summed E-state index contributed by atoms with van der Waals surface area (Å²) in [4.78, 5) is 4.10. The third kappa shape index (κ3) is 7.37. The zero-order valence-corrected chi connectivity index (χ0v) is 18.1. The Balaban J connectivity index is 0.00000210. The van der Waals surface area contributed by atoms with Crippen molar-refractivity contribution < 1.29 is 13.9 Å². The Kier molecular flexibility index (Phi) is 10.8. The van der Waals surface area contributed by atoms with Gasteiger partial charge in [0.05, 0.1) is 12.1 Å². The van der Waals surface area contributed by atoms with Crippen LogP contribution in [0.2, 0.25) is 5.02 Å². The summed E-state index contributed by atoms with van der Waals surface area (Å²) in [5.41, 5.74) is 2.93. The zero-order chi connectivity index (χ0) is 19.1. The van der Waals surface area contributed by atoms with E-state index in [9.17, 15) is 4.39 Å². The molecular weight excluding hydrogens is 438 g/mol. The maximum Gasteiger partial charge on any atom is 0.180 e. The predicted molar refractivity (Wildman–Crippen MR) is 118 cm³/mol. The molecule has 8 heteroatoms. The predicted octanol–water partition coefficient (Wildman–Crippen LogP) is 5.60. The number of hydrogen-bond acceptors (Lipinski definition) is 4. The van der Waals surface area contributed by atoms with E-state index in [-0.39, 0.29) is 37.2 Å². The fourth-order valence-electron chi connectivity index (χ4n) is 2.61. The molecule has 0 spiro atoms. The highest BCUT2D eigenvalue weighted by Crippen LogP contribution is 2.37. The molecule has 0 saturated carbocycles. The number of pyridine rings is 1. The quantitative estimate of drug-likeness (QED) is 0.476. The molecule has 156 valence electrons. The number of rotatable bonds is 8. The van der Waals surface area contributed by atoms with Crippen LogP contribution in [0, 0.1) is 5.82 Å². The molecule has 3 rings (SSSR count). The molecule has 29 heavy (non-hydrogen) atoms. The van der Waals surface area contributed by atoms with Crippen LogP contribution in [-0.4, -0.2) is 12.1 Å². The molecule has 0 aliphatic carbocycles. The van der Waals surface area contributed by atoms with E-state index < -0.39 is 0 Å². The van der Waals surface area contributed by atoms with Crippen LogP contribution in [0.1, 0.15) is 16.7 Å². The van der Waals surface area contributed by atoms with Crippen LogP contribution in [0.25, 0.3) is 0 Å². The number of benzene rings is 2. The number of nitrogens with zero attached hydrogens (tertiary/aromatic N) is 1. The summed E-state index contributed by atoms with van der Waals surface area (Å²) in [5.74, 6) is 0.750. The molecule has 0 saturated heterocycles. The van der Waals surface area contributed by atoms with Gasteiger partial charge in [0, 0.05) is 25.5 Å². The lowest BCUT2D eigenvalue weighted by molar-refractivity contribution is 0.284. The van der Waals surface area contributed by atoms with E-state index in [4.69, 9.17) is 21.1 Å². The Hall–Kier alpha value is -2.05. The van der Waals surface area contributed by atoms with Gasteiger partial charge in [-0.05, 0) is 47.0 Å². The lowest BCUT2D eigenvalue weighted by Gasteiger charge is -2.15. The summed E-state index contributed by atoms with van der Waals surface area (Å²) in [6.07, 6.45) is 3.58. The van der Waals surface area contributed by atoms with Crippen LogP contribution in [0.15, 0.2) is 60.9 Å². The minimum Gasteiger partial charge on any atom is -0.493 e. The highest BCUT2D eigenvalue weighted by Gasteiger charge is 2.12. The van der Waals surface area contributed by atoms with Gasteiger partial charge in [0.2, 0.25) is 0 Å². The molecule has 0 aliphatic heterocycles. The SMILES string of the molecule is COc1cc(CNCc2cccnc2)cc(Cl)c1OCc1ccc(F)cc1.Cl.Cl. The zero-order valence-electron chi connectivity index (χ0n) is 15.7. The van der Waals surface area contributed by atoms with Crippen molar-refractivity contribution in [2.45, 2.75) is 19.7 Å².